The standard InChI is InChI=1S/C3H8FN2O4PS/c1-5(3(4)7)12-6(2)11(8,9)10/h1-2H3,(H2,8,9,10). The average Bonchev–Trinajstić information content (AvgIpc) is 1.85. The fourth-order valence-corrected chi connectivity index (χ4v) is 1.38. The number of nitrogens with zero attached hydrogens (tertiary/aromatic N) is 2. The SMILES string of the molecule is CN(SN(C)P(=O)(O)O)C(=O)F. The predicted octanol–water partition coefficient (Wildman–Crippen LogP) is 0.595. The van der Waals surface area contributed by atoms with Gasteiger partial charge in [0.1, 0.15) is 0 Å². The summed E-state index contributed by atoms with van der Waals surface area (Å²) >= 11 is 0.294. The zero-order valence-corrected chi connectivity index (χ0v) is 8.05. The molecule has 0 saturated carbocycles. The fraction of sp³-hybridized carbons (Fsp3) is 0.667. The first kappa shape index (κ1) is 11.9. The molecule has 0 fully saturated rings. The molecule has 2 N–H and O–H groups in total. The summed E-state index contributed by atoms with van der Waals surface area (Å²) in [7, 11) is -2.31. The molecule has 0 aliphatic heterocycles. The van der Waals surface area contributed by atoms with Crippen molar-refractivity contribution in [3.8, 4) is 0 Å². The molecule has 12 heavy (non-hydrogen) atoms. The van der Waals surface area contributed by atoms with Crippen LogP contribution in [0.25, 0.3) is 0 Å². The van der Waals surface area contributed by atoms with Crippen molar-refractivity contribution < 1.29 is 23.5 Å². The third-order valence-corrected chi connectivity index (χ3v) is 3.07. The third kappa shape index (κ3) is 4.03. The molecule has 0 aromatic carbocycles. The molecule has 0 aromatic heterocycles. The topological polar surface area (TPSA) is 81.1 Å². The van der Waals surface area contributed by atoms with E-state index in [0.29, 0.717) is 20.5 Å². The smallest absolute Gasteiger partial charge is 0.312 e. The molecule has 9 heteroatoms. The molecule has 0 atom stereocenters. The van der Waals surface area contributed by atoms with Crippen LogP contribution in [0, 0.1) is 0 Å². The maximum absolute atomic E-state index is 11.8. The number of carbonyl (C=O) groups is 1. The van der Waals surface area contributed by atoms with Crippen LogP contribution in [0.1, 0.15) is 0 Å². The zero-order valence-electron chi connectivity index (χ0n) is 6.34. The van der Waals surface area contributed by atoms with Gasteiger partial charge in [0.05, 0.1) is 12.1 Å². The molecule has 0 unspecified atom stereocenters. The highest BCUT2D eigenvalue weighted by Crippen LogP contribution is 2.44. The van der Waals surface area contributed by atoms with Crippen LogP contribution in [0.3, 0.4) is 0 Å². The lowest BCUT2D eigenvalue weighted by Crippen LogP contribution is -2.19. The van der Waals surface area contributed by atoms with Crippen molar-refractivity contribution in [3.05, 3.63) is 0 Å². The van der Waals surface area contributed by atoms with Gasteiger partial charge >= 0.3 is 13.9 Å². The van der Waals surface area contributed by atoms with Gasteiger partial charge in [-0.25, -0.2) is 13.7 Å². The number of rotatable bonds is 3. The van der Waals surface area contributed by atoms with E-state index in [1.165, 1.54) is 0 Å². The summed E-state index contributed by atoms with van der Waals surface area (Å²) in [6.45, 7) is 0. The molecule has 6 nitrogen and oxygen atoms in total. The summed E-state index contributed by atoms with van der Waals surface area (Å²) in [4.78, 5) is 26.9. The molecule has 0 saturated heterocycles. The Morgan fingerprint density at radius 1 is 1.50 bits per heavy atom. The second-order valence-electron chi connectivity index (χ2n) is 1.81. The van der Waals surface area contributed by atoms with Crippen molar-refractivity contribution in [1.29, 1.82) is 0 Å². The summed E-state index contributed by atoms with van der Waals surface area (Å²) in [6.07, 6.45) is -1.78. The Morgan fingerprint density at radius 3 is 2.17 bits per heavy atom. The van der Waals surface area contributed by atoms with Crippen LogP contribution in [0.2, 0.25) is 0 Å². The number of hydrogen-bond donors (Lipinski definition) is 2. The van der Waals surface area contributed by atoms with E-state index in [1.807, 2.05) is 0 Å². The molecule has 1 amide bonds. The van der Waals surface area contributed by atoms with Crippen molar-refractivity contribution in [2.75, 3.05) is 14.1 Å². The minimum Gasteiger partial charge on any atom is -0.312 e. The van der Waals surface area contributed by atoms with Gasteiger partial charge in [-0.05, 0) is 0 Å². The molecule has 0 heterocycles. The Morgan fingerprint density at radius 2 is 1.92 bits per heavy atom. The van der Waals surface area contributed by atoms with E-state index in [1.54, 1.807) is 0 Å². The first-order valence-corrected chi connectivity index (χ1v) is 4.95. The fourth-order valence-electron chi connectivity index (χ4n) is 0.257. The molecular formula is C3H8FN2O4PS. The number of amides is 1. The zero-order chi connectivity index (χ0) is 9.94. The highest BCUT2D eigenvalue weighted by molar-refractivity contribution is 7.99. The molecule has 0 aromatic rings. The summed E-state index contributed by atoms with van der Waals surface area (Å²) in [5.41, 5.74) is 0. The van der Waals surface area contributed by atoms with E-state index in [9.17, 15) is 13.8 Å². The van der Waals surface area contributed by atoms with Gasteiger partial charge in [-0.15, -0.1) is 8.47 Å². The first-order valence-electron chi connectivity index (χ1n) is 2.66. The van der Waals surface area contributed by atoms with Crippen LogP contribution in [0.4, 0.5) is 9.18 Å². The molecule has 0 aliphatic carbocycles. The number of hydrogen-bond acceptors (Lipinski definition) is 3. The van der Waals surface area contributed by atoms with Crippen LogP contribution in [0.5, 0.6) is 0 Å². The number of carbonyl (C=O) groups excluding carboxylic acids is 1. The van der Waals surface area contributed by atoms with Crippen LogP contribution >= 0.6 is 19.9 Å². The van der Waals surface area contributed by atoms with Crippen LogP contribution in [-0.4, -0.2) is 38.4 Å². The monoisotopic (exact) mass is 218 g/mol. The van der Waals surface area contributed by atoms with Gasteiger partial charge in [0.25, 0.3) is 0 Å². The van der Waals surface area contributed by atoms with Crippen LogP contribution < -0.4 is 0 Å². The van der Waals surface area contributed by atoms with Gasteiger partial charge in [-0.2, -0.15) is 0 Å². The Hall–Kier alpha value is -0.140. The van der Waals surface area contributed by atoms with E-state index in [4.69, 9.17) is 9.79 Å². The van der Waals surface area contributed by atoms with E-state index in [-0.39, 0.29) is 0 Å². The summed E-state index contributed by atoms with van der Waals surface area (Å²) in [6, 6.07) is 0. The summed E-state index contributed by atoms with van der Waals surface area (Å²) in [5.74, 6) is 0. The molecular weight excluding hydrogens is 210 g/mol. The summed E-state index contributed by atoms with van der Waals surface area (Å²) in [5, 5.41) is 0. The van der Waals surface area contributed by atoms with Crippen molar-refractivity contribution in [2.45, 2.75) is 0 Å². The van der Waals surface area contributed by atoms with Crippen molar-refractivity contribution in [1.82, 2.24) is 8.38 Å². The third-order valence-electron chi connectivity index (χ3n) is 0.855. The second kappa shape index (κ2) is 4.20. The molecule has 0 spiro atoms. The minimum atomic E-state index is -4.41. The second-order valence-corrected chi connectivity index (χ2v) is 4.97. The Balaban J connectivity index is 4.11. The van der Waals surface area contributed by atoms with E-state index >= 15 is 0 Å². The highest BCUT2D eigenvalue weighted by atomic mass is 32.2. The normalized spacial score (nSPS) is 11.8. The van der Waals surface area contributed by atoms with Gasteiger partial charge in [-0.3, -0.25) is 0 Å². The lowest BCUT2D eigenvalue weighted by atomic mass is 11.2. The molecule has 0 radical (unpaired) electrons. The number of halogens is 1. The molecule has 72 valence electrons. The van der Waals surface area contributed by atoms with E-state index in [2.05, 4.69) is 0 Å². The molecule has 0 rings (SSSR count). The van der Waals surface area contributed by atoms with Gasteiger partial charge < -0.3 is 9.79 Å². The Kier molecular flexibility index (Phi) is 4.15. The van der Waals surface area contributed by atoms with E-state index in [0.717, 1.165) is 14.1 Å². The van der Waals surface area contributed by atoms with Gasteiger partial charge in [0.2, 0.25) is 0 Å². The van der Waals surface area contributed by atoms with Gasteiger partial charge in [-0.1, -0.05) is 0 Å². The maximum atomic E-state index is 11.8. The largest absolute Gasteiger partial charge is 0.413 e. The Bertz CT molecular complexity index is 220. The van der Waals surface area contributed by atoms with E-state index < -0.39 is 13.9 Å². The maximum Gasteiger partial charge on any atom is 0.413 e. The van der Waals surface area contributed by atoms with Crippen LogP contribution in [-0.2, 0) is 4.57 Å². The molecule has 0 aliphatic rings. The molecule has 0 bridgehead atoms. The van der Waals surface area contributed by atoms with Crippen molar-refractivity contribution >= 4 is 26.0 Å². The van der Waals surface area contributed by atoms with Gasteiger partial charge in [0, 0.05) is 14.1 Å². The first-order chi connectivity index (χ1) is 5.25. The minimum absolute atomic E-state index is 0.294. The Labute approximate surface area is 72.8 Å². The van der Waals surface area contributed by atoms with Gasteiger partial charge in [0.15, 0.2) is 0 Å². The quantitative estimate of drug-likeness (QED) is 0.312. The lowest BCUT2D eigenvalue weighted by molar-refractivity contribution is 0.209. The average molecular weight is 218 g/mol. The predicted molar refractivity (Wildman–Crippen MR) is 41.7 cm³/mol. The lowest BCUT2D eigenvalue weighted by Gasteiger charge is -2.19. The highest BCUT2D eigenvalue weighted by Gasteiger charge is 2.25. The summed E-state index contributed by atoms with van der Waals surface area (Å²) < 4.78 is 23.2. The van der Waals surface area contributed by atoms with Crippen molar-refractivity contribution in [2.24, 2.45) is 0 Å². The van der Waals surface area contributed by atoms with Crippen LogP contribution in [0.15, 0.2) is 0 Å². The van der Waals surface area contributed by atoms with Crippen molar-refractivity contribution in [3.63, 3.8) is 0 Å².